The number of unbranched alkanes of at least 4 members (excludes halogenated alkanes) is 3. The van der Waals surface area contributed by atoms with Crippen LogP contribution < -0.4 is 4.74 Å². The van der Waals surface area contributed by atoms with Crippen LogP contribution in [0.2, 0.25) is 0 Å². The standard InChI is InChI=1S/C24H31BrN3O/c1-4-15-27(2)16-7-5-6-8-17-29-21-13-14-22-23(18-21)28(3)26-24(22)19-9-11-20(25)12-10-19/h4,9-14,18,24H,1,5-8,15-17H2,2-3H3/q+1. The molecule has 0 aromatic heterocycles. The van der Waals surface area contributed by atoms with Crippen LogP contribution in [-0.2, 0) is 0 Å². The number of azo groups is 2. The predicted molar refractivity (Wildman–Crippen MR) is 122 cm³/mol. The third kappa shape index (κ3) is 6.00. The van der Waals surface area contributed by atoms with E-state index < -0.39 is 0 Å². The van der Waals surface area contributed by atoms with Crippen molar-refractivity contribution in [3.8, 4) is 5.75 Å². The third-order valence-corrected chi connectivity index (χ3v) is 5.79. The minimum Gasteiger partial charge on any atom is -0.493 e. The minimum absolute atomic E-state index is 0.0522. The van der Waals surface area contributed by atoms with Crippen LogP contribution in [0.5, 0.6) is 5.75 Å². The van der Waals surface area contributed by atoms with Crippen molar-refractivity contribution in [2.45, 2.75) is 31.7 Å². The van der Waals surface area contributed by atoms with Crippen molar-refractivity contribution in [1.29, 1.82) is 0 Å². The molecule has 1 unspecified atom stereocenters. The Labute approximate surface area is 183 Å². The Balaban J connectivity index is 1.47. The van der Waals surface area contributed by atoms with E-state index in [4.69, 9.17) is 9.85 Å². The third-order valence-electron chi connectivity index (χ3n) is 5.26. The van der Waals surface area contributed by atoms with Gasteiger partial charge in [-0.2, -0.15) is 0 Å². The lowest BCUT2D eigenvalue weighted by Gasteiger charge is -2.13. The number of hydrogen-bond acceptors (Lipinski definition) is 3. The highest BCUT2D eigenvalue weighted by Crippen LogP contribution is 2.40. The Hall–Kier alpha value is -1.98. The number of halogens is 1. The van der Waals surface area contributed by atoms with E-state index in [0.717, 1.165) is 42.0 Å². The molecule has 0 spiro atoms. The average molecular weight is 457 g/mol. The summed E-state index contributed by atoms with van der Waals surface area (Å²) in [7, 11) is 4.15. The van der Waals surface area contributed by atoms with E-state index in [1.807, 2.05) is 17.8 Å². The molecule has 5 heteroatoms. The number of hydrogen-bond donors (Lipinski definition) is 0. The van der Waals surface area contributed by atoms with E-state index in [-0.39, 0.29) is 6.04 Å². The molecule has 0 saturated carbocycles. The molecular weight excluding hydrogens is 426 g/mol. The summed E-state index contributed by atoms with van der Waals surface area (Å²) >= 11 is 3.50. The first-order valence-electron chi connectivity index (χ1n) is 10.3. The van der Waals surface area contributed by atoms with Crippen LogP contribution in [0.25, 0.3) is 0 Å². The molecule has 0 saturated heterocycles. The Morgan fingerprint density at radius 1 is 1.14 bits per heavy atom. The first-order chi connectivity index (χ1) is 14.1. The van der Waals surface area contributed by atoms with Gasteiger partial charge < -0.3 is 9.64 Å². The van der Waals surface area contributed by atoms with Gasteiger partial charge >= 0.3 is 0 Å². The van der Waals surface area contributed by atoms with Crippen molar-refractivity contribution in [3.05, 3.63) is 70.7 Å². The number of fused-ring (bicyclic) bond motifs is 1. The summed E-state index contributed by atoms with van der Waals surface area (Å²) in [4.78, 5) is 2.30. The van der Waals surface area contributed by atoms with Gasteiger partial charge in [-0.05, 0) is 61.4 Å². The molecule has 1 heterocycles. The molecule has 29 heavy (non-hydrogen) atoms. The van der Waals surface area contributed by atoms with E-state index in [0.29, 0.717) is 0 Å². The number of benzene rings is 2. The average Bonchev–Trinajstić information content (AvgIpc) is 3.04. The highest BCUT2D eigenvalue weighted by molar-refractivity contribution is 9.10. The monoisotopic (exact) mass is 456 g/mol. The van der Waals surface area contributed by atoms with Crippen LogP contribution in [0, 0.1) is 0 Å². The van der Waals surface area contributed by atoms with E-state index >= 15 is 0 Å². The SMILES string of the molecule is C=CCN(C)CCCCCCOc1ccc2c(c1)[N+](C)=NC2c1ccc(Br)cc1. The molecule has 0 radical (unpaired) electrons. The fraction of sp³-hybridized carbons (Fsp3) is 0.417. The Morgan fingerprint density at radius 2 is 1.90 bits per heavy atom. The summed E-state index contributed by atoms with van der Waals surface area (Å²) in [6.07, 6.45) is 6.71. The second-order valence-corrected chi connectivity index (χ2v) is 8.54. The number of likely N-dealkylation sites (N-methyl/N-ethyl adjacent to an activating group) is 1. The lowest BCUT2D eigenvalue weighted by molar-refractivity contribution is -0.477. The summed E-state index contributed by atoms with van der Waals surface area (Å²) in [5.41, 5.74) is 3.55. The van der Waals surface area contributed by atoms with E-state index in [1.165, 1.54) is 30.4 Å². The topological polar surface area (TPSA) is 27.8 Å². The van der Waals surface area contributed by atoms with Crippen LogP contribution in [-0.4, -0.2) is 43.4 Å². The molecule has 0 N–H and O–H groups in total. The maximum absolute atomic E-state index is 6.00. The molecular formula is C24H31BrN3O+. The van der Waals surface area contributed by atoms with Crippen molar-refractivity contribution in [2.24, 2.45) is 5.11 Å². The zero-order valence-corrected chi connectivity index (χ0v) is 19.1. The summed E-state index contributed by atoms with van der Waals surface area (Å²) < 4.78 is 9.05. The largest absolute Gasteiger partial charge is 0.493 e. The smallest absolute Gasteiger partial charge is 0.240 e. The molecule has 4 nitrogen and oxygen atoms in total. The molecule has 1 aliphatic heterocycles. The van der Waals surface area contributed by atoms with Crippen molar-refractivity contribution in [3.63, 3.8) is 0 Å². The zero-order valence-electron chi connectivity index (χ0n) is 17.5. The summed E-state index contributed by atoms with van der Waals surface area (Å²) in [5, 5.41) is 4.81. The van der Waals surface area contributed by atoms with E-state index in [9.17, 15) is 0 Å². The minimum atomic E-state index is 0.0522. The quantitative estimate of drug-likeness (QED) is 0.224. The number of ether oxygens (including phenoxy) is 1. The van der Waals surface area contributed by atoms with Gasteiger partial charge in [0.25, 0.3) is 0 Å². The van der Waals surface area contributed by atoms with Crippen LogP contribution in [0.15, 0.2) is 64.7 Å². The summed E-state index contributed by atoms with van der Waals surface area (Å²) in [5.74, 6) is 0.924. The molecule has 2 aromatic rings. The van der Waals surface area contributed by atoms with Gasteiger partial charge in [0, 0.05) is 11.0 Å². The summed E-state index contributed by atoms with van der Waals surface area (Å²) in [6, 6.07) is 14.8. The van der Waals surface area contributed by atoms with Crippen LogP contribution in [0.1, 0.15) is 42.9 Å². The maximum atomic E-state index is 6.00. The first kappa shape index (κ1) is 21.7. The molecule has 154 valence electrons. The second kappa shape index (κ2) is 10.7. The molecule has 1 aliphatic rings. The van der Waals surface area contributed by atoms with E-state index in [1.54, 1.807) is 0 Å². The molecule has 0 amide bonds. The van der Waals surface area contributed by atoms with Gasteiger partial charge in [0.05, 0.1) is 18.2 Å². The van der Waals surface area contributed by atoms with Gasteiger partial charge in [-0.3, -0.25) is 0 Å². The van der Waals surface area contributed by atoms with Gasteiger partial charge in [0.1, 0.15) is 5.75 Å². The highest BCUT2D eigenvalue weighted by Gasteiger charge is 2.32. The van der Waals surface area contributed by atoms with Gasteiger partial charge in [-0.1, -0.05) is 51.7 Å². The molecule has 0 aliphatic carbocycles. The van der Waals surface area contributed by atoms with Gasteiger partial charge in [-0.25, -0.2) is 0 Å². The Bertz CT molecular complexity index is 848. The van der Waals surface area contributed by atoms with Crippen molar-refractivity contribution in [1.82, 2.24) is 4.90 Å². The van der Waals surface area contributed by atoms with Crippen molar-refractivity contribution in [2.75, 3.05) is 33.8 Å². The molecule has 3 rings (SSSR count). The van der Waals surface area contributed by atoms with Crippen LogP contribution in [0.4, 0.5) is 5.69 Å². The lowest BCUT2D eigenvalue weighted by Crippen LogP contribution is -2.19. The van der Waals surface area contributed by atoms with E-state index in [2.05, 4.69) is 76.9 Å². The number of rotatable bonds is 11. The Kier molecular flexibility index (Phi) is 8.01. The van der Waals surface area contributed by atoms with Crippen LogP contribution >= 0.6 is 15.9 Å². The van der Waals surface area contributed by atoms with Crippen molar-refractivity contribution >= 4 is 21.6 Å². The van der Waals surface area contributed by atoms with Gasteiger partial charge in [0.2, 0.25) is 5.69 Å². The second-order valence-electron chi connectivity index (χ2n) is 7.63. The molecule has 0 fully saturated rings. The normalized spacial score (nSPS) is 15.3. The Morgan fingerprint density at radius 3 is 2.66 bits per heavy atom. The fourth-order valence-electron chi connectivity index (χ4n) is 3.65. The first-order valence-corrected chi connectivity index (χ1v) is 11.1. The molecule has 1 atom stereocenters. The fourth-order valence-corrected chi connectivity index (χ4v) is 3.92. The van der Waals surface area contributed by atoms with Gasteiger partial charge in [0.15, 0.2) is 13.1 Å². The number of nitrogens with zero attached hydrogens (tertiary/aromatic N) is 3. The summed E-state index contributed by atoms with van der Waals surface area (Å²) in [6.45, 7) is 6.64. The lowest BCUT2D eigenvalue weighted by atomic mass is 9.99. The van der Waals surface area contributed by atoms with Gasteiger partial charge in [-0.15, -0.1) is 6.58 Å². The van der Waals surface area contributed by atoms with Crippen LogP contribution in [0.3, 0.4) is 0 Å². The predicted octanol–water partition coefficient (Wildman–Crippen LogP) is 6.34. The molecule has 2 aromatic carbocycles. The molecule has 0 bridgehead atoms. The highest BCUT2D eigenvalue weighted by atomic mass is 79.9. The maximum Gasteiger partial charge on any atom is 0.240 e. The van der Waals surface area contributed by atoms with Crippen molar-refractivity contribution < 1.29 is 9.43 Å². The zero-order chi connectivity index (χ0) is 20.6.